The molecule has 1 aliphatic heterocycles. The van der Waals surface area contributed by atoms with Gasteiger partial charge in [-0.05, 0) is 57.2 Å². The number of ether oxygens (including phenoxy) is 2. The molecule has 2 aromatic rings. The van der Waals surface area contributed by atoms with E-state index >= 15 is 0 Å². The van der Waals surface area contributed by atoms with Gasteiger partial charge in [-0.3, -0.25) is 4.79 Å². The molecule has 1 heterocycles. The summed E-state index contributed by atoms with van der Waals surface area (Å²) >= 11 is 0. The molecule has 0 bridgehead atoms. The quantitative estimate of drug-likeness (QED) is 0.657. The van der Waals surface area contributed by atoms with Crippen LogP contribution in [-0.2, 0) is 25.5 Å². The third-order valence-corrected chi connectivity index (χ3v) is 5.12. The topological polar surface area (TPSA) is 72.9 Å². The van der Waals surface area contributed by atoms with Gasteiger partial charge in [-0.1, -0.05) is 54.6 Å². The maximum atomic E-state index is 13.2. The van der Waals surface area contributed by atoms with Crippen LogP contribution in [0.2, 0.25) is 0 Å². The Hall–Kier alpha value is -3.15. The molecule has 0 unspecified atom stereocenters. The smallest absolute Gasteiger partial charge is 0.417 e. The van der Waals surface area contributed by atoms with Crippen molar-refractivity contribution < 1.29 is 23.9 Å². The molecular weight excluding hydrogens is 394 g/mol. The number of likely N-dealkylation sites (tertiary alicyclic amines) is 1. The lowest BCUT2D eigenvalue weighted by Gasteiger charge is -2.26. The van der Waals surface area contributed by atoms with Crippen LogP contribution in [0.3, 0.4) is 0 Å². The standard InChI is InChI=1S/C25H29NO5/c1-5-30-23(28)21-16-19(22(27)26(21)24(29)31-25(2,3)4)15-18-13-9-10-14-20(18)17-11-7-6-8-12-17/h6-14,19,21H,5,15-16H2,1-4H3/t19-,21+/m0/s1. The zero-order valence-electron chi connectivity index (χ0n) is 18.5. The molecule has 164 valence electrons. The van der Waals surface area contributed by atoms with Gasteiger partial charge in [0.2, 0.25) is 5.91 Å². The molecular formula is C25H29NO5. The molecule has 6 heteroatoms. The summed E-state index contributed by atoms with van der Waals surface area (Å²) in [4.78, 5) is 39.5. The third kappa shape index (κ3) is 5.32. The number of amides is 2. The number of nitrogens with zero attached hydrogens (tertiary/aromatic N) is 1. The van der Waals surface area contributed by atoms with Crippen molar-refractivity contribution >= 4 is 18.0 Å². The van der Waals surface area contributed by atoms with E-state index in [9.17, 15) is 14.4 Å². The molecule has 1 fully saturated rings. The molecule has 0 aliphatic carbocycles. The molecule has 3 rings (SSSR count). The van der Waals surface area contributed by atoms with Gasteiger partial charge in [0.05, 0.1) is 6.61 Å². The summed E-state index contributed by atoms with van der Waals surface area (Å²) in [5.41, 5.74) is 2.28. The normalized spacial score (nSPS) is 18.7. The minimum absolute atomic E-state index is 0.174. The zero-order valence-corrected chi connectivity index (χ0v) is 18.5. The molecule has 2 aromatic carbocycles. The van der Waals surface area contributed by atoms with Gasteiger partial charge in [-0.2, -0.15) is 0 Å². The maximum Gasteiger partial charge on any atom is 0.417 e. The monoisotopic (exact) mass is 423 g/mol. The van der Waals surface area contributed by atoms with E-state index in [1.54, 1.807) is 27.7 Å². The van der Waals surface area contributed by atoms with E-state index in [-0.39, 0.29) is 13.0 Å². The van der Waals surface area contributed by atoms with Gasteiger partial charge in [-0.15, -0.1) is 0 Å². The van der Waals surface area contributed by atoms with E-state index in [4.69, 9.17) is 9.47 Å². The van der Waals surface area contributed by atoms with Crippen LogP contribution in [0.4, 0.5) is 4.79 Å². The summed E-state index contributed by atoms with van der Waals surface area (Å²) in [5, 5.41) is 0. The second-order valence-electron chi connectivity index (χ2n) is 8.62. The van der Waals surface area contributed by atoms with Crippen LogP contribution in [0.15, 0.2) is 54.6 Å². The number of imide groups is 1. The highest BCUT2D eigenvalue weighted by Crippen LogP contribution is 2.33. The van der Waals surface area contributed by atoms with E-state index in [2.05, 4.69) is 0 Å². The third-order valence-electron chi connectivity index (χ3n) is 5.12. The second kappa shape index (κ2) is 9.33. The van der Waals surface area contributed by atoms with Crippen LogP contribution in [-0.4, -0.2) is 41.1 Å². The van der Waals surface area contributed by atoms with Gasteiger partial charge in [0.15, 0.2) is 0 Å². The lowest BCUT2D eigenvalue weighted by Crippen LogP contribution is -2.46. The molecule has 2 amide bonds. The number of benzene rings is 2. The Bertz CT molecular complexity index is 948. The summed E-state index contributed by atoms with van der Waals surface area (Å²) < 4.78 is 10.5. The molecule has 6 nitrogen and oxygen atoms in total. The SMILES string of the molecule is CCOC(=O)[C@H]1C[C@H](Cc2ccccc2-c2ccccc2)C(=O)N1C(=O)OC(C)(C)C. The molecule has 0 aromatic heterocycles. The first-order valence-electron chi connectivity index (χ1n) is 10.6. The summed E-state index contributed by atoms with van der Waals surface area (Å²) in [6.07, 6.45) is -0.187. The van der Waals surface area contributed by atoms with Crippen molar-refractivity contribution in [2.24, 2.45) is 5.92 Å². The Balaban J connectivity index is 1.89. The predicted octanol–water partition coefficient (Wildman–Crippen LogP) is 4.61. The lowest BCUT2D eigenvalue weighted by molar-refractivity contribution is -0.151. The summed E-state index contributed by atoms with van der Waals surface area (Å²) in [6.45, 7) is 7.03. The first kappa shape index (κ1) is 22.5. The zero-order chi connectivity index (χ0) is 22.6. The predicted molar refractivity (Wildman–Crippen MR) is 117 cm³/mol. The van der Waals surface area contributed by atoms with E-state index in [0.717, 1.165) is 21.6 Å². The fraction of sp³-hybridized carbons (Fsp3) is 0.400. The minimum Gasteiger partial charge on any atom is -0.464 e. The average Bonchev–Trinajstić information content (AvgIpc) is 3.04. The van der Waals surface area contributed by atoms with E-state index in [1.165, 1.54) is 0 Å². The van der Waals surface area contributed by atoms with Crippen LogP contribution in [0.25, 0.3) is 11.1 Å². The number of esters is 1. The Morgan fingerprint density at radius 2 is 1.68 bits per heavy atom. The van der Waals surface area contributed by atoms with Gasteiger partial charge < -0.3 is 9.47 Å². The maximum absolute atomic E-state index is 13.2. The molecule has 0 radical (unpaired) electrons. The summed E-state index contributed by atoms with van der Waals surface area (Å²) in [7, 11) is 0. The van der Waals surface area contributed by atoms with E-state index in [1.807, 2.05) is 54.6 Å². The highest BCUT2D eigenvalue weighted by molar-refractivity contribution is 6.01. The van der Waals surface area contributed by atoms with Gasteiger partial charge in [0.1, 0.15) is 11.6 Å². The lowest BCUT2D eigenvalue weighted by atomic mass is 9.90. The Labute approximate surface area is 183 Å². The molecule has 2 atom stereocenters. The van der Waals surface area contributed by atoms with Gasteiger partial charge >= 0.3 is 12.1 Å². The van der Waals surface area contributed by atoms with Crippen LogP contribution >= 0.6 is 0 Å². The Morgan fingerprint density at radius 3 is 2.32 bits per heavy atom. The van der Waals surface area contributed by atoms with Gasteiger partial charge in [0, 0.05) is 5.92 Å². The van der Waals surface area contributed by atoms with Gasteiger partial charge in [0.25, 0.3) is 0 Å². The molecule has 1 saturated heterocycles. The molecule has 0 spiro atoms. The molecule has 0 N–H and O–H groups in total. The number of hydrogen-bond donors (Lipinski definition) is 0. The number of carbonyl (C=O) groups excluding carboxylic acids is 3. The largest absolute Gasteiger partial charge is 0.464 e. The first-order valence-corrected chi connectivity index (χ1v) is 10.6. The van der Waals surface area contributed by atoms with Crippen molar-refractivity contribution in [3.05, 3.63) is 60.2 Å². The fourth-order valence-electron chi connectivity index (χ4n) is 3.83. The van der Waals surface area contributed by atoms with Crippen molar-refractivity contribution in [2.45, 2.75) is 52.2 Å². The highest BCUT2D eigenvalue weighted by Gasteiger charge is 2.48. The van der Waals surface area contributed by atoms with E-state index in [0.29, 0.717) is 6.42 Å². The number of rotatable bonds is 5. The van der Waals surface area contributed by atoms with Crippen molar-refractivity contribution in [2.75, 3.05) is 6.61 Å². The fourth-order valence-corrected chi connectivity index (χ4v) is 3.83. The summed E-state index contributed by atoms with van der Waals surface area (Å²) in [5.74, 6) is -1.51. The van der Waals surface area contributed by atoms with Crippen molar-refractivity contribution in [1.29, 1.82) is 0 Å². The summed E-state index contributed by atoms with van der Waals surface area (Å²) in [6, 6.07) is 16.8. The Kier molecular flexibility index (Phi) is 6.78. The van der Waals surface area contributed by atoms with Gasteiger partial charge in [-0.25, -0.2) is 14.5 Å². The van der Waals surface area contributed by atoms with Crippen LogP contribution < -0.4 is 0 Å². The minimum atomic E-state index is -0.976. The molecule has 0 saturated carbocycles. The van der Waals surface area contributed by atoms with E-state index < -0.39 is 35.5 Å². The molecule has 31 heavy (non-hydrogen) atoms. The van der Waals surface area contributed by atoms with Crippen LogP contribution in [0, 0.1) is 5.92 Å². The molecule has 1 aliphatic rings. The van der Waals surface area contributed by atoms with Crippen molar-refractivity contribution in [3.8, 4) is 11.1 Å². The van der Waals surface area contributed by atoms with Crippen LogP contribution in [0.1, 0.15) is 39.7 Å². The number of carbonyl (C=O) groups is 3. The average molecular weight is 424 g/mol. The Morgan fingerprint density at radius 1 is 1.03 bits per heavy atom. The van der Waals surface area contributed by atoms with Crippen molar-refractivity contribution in [3.63, 3.8) is 0 Å². The number of hydrogen-bond acceptors (Lipinski definition) is 5. The van der Waals surface area contributed by atoms with Crippen molar-refractivity contribution in [1.82, 2.24) is 4.90 Å². The van der Waals surface area contributed by atoms with Crippen LogP contribution in [0.5, 0.6) is 0 Å². The second-order valence-corrected chi connectivity index (χ2v) is 8.62. The first-order chi connectivity index (χ1) is 14.7. The highest BCUT2D eigenvalue weighted by atomic mass is 16.6.